The highest BCUT2D eigenvalue weighted by atomic mass is 14.9. The molecule has 3 heteroatoms. The van der Waals surface area contributed by atoms with Crippen LogP contribution in [0, 0.1) is 48.3 Å². The van der Waals surface area contributed by atoms with Crippen molar-refractivity contribution in [2.24, 2.45) is 21.1 Å². The van der Waals surface area contributed by atoms with Crippen molar-refractivity contribution in [3.8, 4) is 67.2 Å². The summed E-state index contributed by atoms with van der Waals surface area (Å²) >= 11 is 0. The van der Waals surface area contributed by atoms with Gasteiger partial charge in [0.05, 0.1) is 0 Å². The number of rotatable bonds is 6. The summed E-state index contributed by atoms with van der Waals surface area (Å²) in [6, 6.07) is 59.0. The van der Waals surface area contributed by atoms with E-state index < -0.39 is 13.7 Å². The van der Waals surface area contributed by atoms with Crippen molar-refractivity contribution >= 4 is 0 Å². The first-order chi connectivity index (χ1) is 33.3. The van der Waals surface area contributed by atoms with Gasteiger partial charge in [-0.1, -0.05) is 145 Å². The summed E-state index contributed by atoms with van der Waals surface area (Å²) in [7, 11) is 6.16. The van der Waals surface area contributed by atoms with Crippen molar-refractivity contribution < 1.29 is 21.9 Å². The van der Waals surface area contributed by atoms with Crippen LogP contribution in [0.15, 0.2) is 195 Å². The third-order valence-corrected chi connectivity index (χ3v) is 11.8. The largest absolute Gasteiger partial charge is 0.212 e. The molecule has 64 heavy (non-hydrogen) atoms. The predicted molar refractivity (Wildman–Crippen MR) is 269 cm³/mol. The van der Waals surface area contributed by atoms with E-state index in [2.05, 4.69) is 163 Å². The van der Waals surface area contributed by atoms with Crippen molar-refractivity contribution in [2.75, 3.05) is 0 Å². The summed E-state index contributed by atoms with van der Waals surface area (Å²) < 4.78 is 51.7. The molecule has 9 rings (SSSR count). The van der Waals surface area contributed by atoms with Gasteiger partial charge in [0.1, 0.15) is 21.1 Å². The van der Waals surface area contributed by atoms with E-state index in [1.54, 1.807) is 24.3 Å². The Bertz CT molecular complexity index is 3250. The molecule has 0 saturated carbocycles. The summed E-state index contributed by atoms with van der Waals surface area (Å²) in [6.45, 7) is 6.24. The molecule has 0 saturated heterocycles. The van der Waals surface area contributed by atoms with Crippen LogP contribution >= 0.6 is 0 Å². The van der Waals surface area contributed by atoms with E-state index in [0.29, 0.717) is 11.1 Å². The van der Waals surface area contributed by atoms with Gasteiger partial charge >= 0.3 is 0 Å². The molecule has 0 N–H and O–H groups in total. The quantitative estimate of drug-likeness (QED) is 0.148. The monoisotopic (exact) mass is 843 g/mol. The molecule has 0 amide bonds. The second-order valence-corrected chi connectivity index (χ2v) is 16.6. The minimum absolute atomic E-state index is 0.382. The normalized spacial score (nSPS) is 12.4. The summed E-state index contributed by atoms with van der Waals surface area (Å²) in [6.07, 6.45) is 6.46. The first-order valence-corrected chi connectivity index (χ1v) is 21.8. The standard InChI is InChI=1S/C21H22N.2C20H20N/c1-15-10-11-19(16(2)12-15)21-13-17(3)20(14-22(21)4)18-8-6-5-7-9-18;1-15-9-7-8-12-18(15)20-13-16(2)19(14-21(20)3)17-10-5-4-6-11-17;1-15-9-11-19(16(2)13-15)20-12-10-18(14-21(20)3)17-7-5-4-6-8-17/h5-14H,1-4H3;2*4-14H,1-3H3/q3*+1/i1D3;;1D3. The van der Waals surface area contributed by atoms with Gasteiger partial charge in [0.2, 0.25) is 17.1 Å². The van der Waals surface area contributed by atoms with Crippen LogP contribution in [-0.4, -0.2) is 0 Å². The Labute approximate surface area is 390 Å². The lowest BCUT2D eigenvalue weighted by Crippen LogP contribution is -2.31. The van der Waals surface area contributed by atoms with Gasteiger partial charge in [0.15, 0.2) is 18.6 Å². The number of hydrogen-bond acceptors (Lipinski definition) is 0. The van der Waals surface area contributed by atoms with Crippen LogP contribution in [0.5, 0.6) is 0 Å². The van der Waals surface area contributed by atoms with E-state index >= 15 is 0 Å². The SMILES string of the molecule is Cc1cc(-c2ccccc2C)[n+](C)cc1-c1ccccc1.[2H]C([2H])([2H])c1ccc(-c2cc(C)c(-c3ccccc3)c[n+]2C)c(C)c1.[2H]C([2H])([2H])c1ccc(-c2ccc(-c3ccccc3)c[n+]2C)c(C)c1. The maximum atomic E-state index is 7.57. The van der Waals surface area contributed by atoms with Gasteiger partial charge in [-0.15, -0.1) is 0 Å². The van der Waals surface area contributed by atoms with Gasteiger partial charge in [-0.05, 0) is 117 Å². The second-order valence-electron chi connectivity index (χ2n) is 16.6. The van der Waals surface area contributed by atoms with Gasteiger partial charge in [0.25, 0.3) is 0 Å². The highest BCUT2D eigenvalue weighted by Gasteiger charge is 2.18. The average molecular weight is 843 g/mol. The van der Waals surface area contributed by atoms with Crippen LogP contribution in [0.4, 0.5) is 0 Å². The Hall–Kier alpha value is -7.23. The summed E-state index contributed by atoms with van der Waals surface area (Å²) in [4.78, 5) is 0. The highest BCUT2D eigenvalue weighted by molar-refractivity contribution is 5.71. The van der Waals surface area contributed by atoms with E-state index in [0.717, 1.165) is 39.2 Å². The lowest BCUT2D eigenvalue weighted by Gasteiger charge is -2.10. The zero-order valence-electron chi connectivity index (χ0n) is 44.3. The molecule has 9 aromatic rings. The Kier molecular flexibility index (Phi) is 11.8. The molecule has 3 aromatic heterocycles. The molecule has 0 aliphatic rings. The number of hydrogen-bond donors (Lipinski definition) is 0. The van der Waals surface area contributed by atoms with Crippen molar-refractivity contribution in [3.05, 3.63) is 233 Å². The molecule has 318 valence electrons. The molecule has 0 unspecified atom stereocenters. The maximum absolute atomic E-state index is 7.57. The molecular formula is C61H62N3+3. The zero-order valence-corrected chi connectivity index (χ0v) is 38.3. The fraction of sp³-hybridized carbons (Fsp3) is 0.164. The molecule has 0 radical (unpaired) electrons. The third-order valence-electron chi connectivity index (χ3n) is 11.8. The smallest absolute Gasteiger partial charge is 0.200 e. The molecular weight excluding hydrogens is 775 g/mol. The topological polar surface area (TPSA) is 11.6 Å². The maximum Gasteiger partial charge on any atom is 0.212 e. The molecule has 0 fully saturated rings. The van der Waals surface area contributed by atoms with Crippen LogP contribution in [0.3, 0.4) is 0 Å². The van der Waals surface area contributed by atoms with Crippen LogP contribution in [-0.2, 0) is 21.1 Å². The number of aromatic nitrogens is 3. The van der Waals surface area contributed by atoms with E-state index in [4.69, 9.17) is 8.22 Å². The average Bonchev–Trinajstić information content (AvgIpc) is 3.34. The van der Waals surface area contributed by atoms with Gasteiger partial charge in [0, 0.05) is 59.8 Å². The Morgan fingerprint density at radius 3 is 1.12 bits per heavy atom. The third kappa shape index (κ3) is 10.5. The summed E-state index contributed by atoms with van der Waals surface area (Å²) in [5.74, 6) is 0. The molecule has 0 atom stereocenters. The van der Waals surface area contributed by atoms with E-state index in [1.807, 2.05) is 76.5 Å². The molecule has 0 aliphatic carbocycles. The van der Waals surface area contributed by atoms with Crippen LogP contribution < -0.4 is 13.7 Å². The lowest BCUT2D eigenvalue weighted by atomic mass is 9.97. The first-order valence-electron chi connectivity index (χ1n) is 24.8. The van der Waals surface area contributed by atoms with E-state index in [-0.39, 0.29) is 0 Å². The highest BCUT2D eigenvalue weighted by Crippen LogP contribution is 2.29. The van der Waals surface area contributed by atoms with Crippen molar-refractivity contribution in [1.82, 2.24) is 0 Å². The van der Waals surface area contributed by atoms with Gasteiger partial charge < -0.3 is 0 Å². The molecule has 0 bridgehead atoms. The summed E-state index contributed by atoms with van der Waals surface area (Å²) in [5, 5.41) is 0. The number of benzene rings is 6. The van der Waals surface area contributed by atoms with E-state index in [9.17, 15) is 0 Å². The number of aryl methyl sites for hydroxylation is 10. The Balaban J connectivity index is 0.000000155. The predicted octanol–water partition coefficient (Wildman–Crippen LogP) is 13.7. The fourth-order valence-corrected chi connectivity index (χ4v) is 8.33. The lowest BCUT2D eigenvalue weighted by molar-refractivity contribution is -0.660. The van der Waals surface area contributed by atoms with Gasteiger partial charge in [-0.25, -0.2) is 13.7 Å². The Morgan fingerprint density at radius 1 is 0.297 bits per heavy atom. The molecule has 0 spiro atoms. The number of pyridine rings is 3. The molecule has 3 nitrogen and oxygen atoms in total. The Morgan fingerprint density at radius 2 is 0.688 bits per heavy atom. The molecule has 0 aliphatic heterocycles. The van der Waals surface area contributed by atoms with E-state index in [1.165, 1.54) is 55.8 Å². The molecule has 6 aromatic carbocycles. The van der Waals surface area contributed by atoms with Gasteiger partial charge in [-0.2, -0.15) is 0 Å². The zero-order chi connectivity index (χ0) is 50.3. The van der Waals surface area contributed by atoms with Crippen LogP contribution in [0.2, 0.25) is 0 Å². The minimum atomic E-state index is -2.07. The fourth-order valence-electron chi connectivity index (χ4n) is 8.33. The second kappa shape index (κ2) is 20.3. The van der Waals surface area contributed by atoms with Crippen LogP contribution in [0.25, 0.3) is 67.2 Å². The summed E-state index contributed by atoms with van der Waals surface area (Å²) in [5.41, 5.74) is 20.6. The molecule has 3 heterocycles. The van der Waals surface area contributed by atoms with Crippen molar-refractivity contribution in [3.63, 3.8) is 0 Å². The minimum Gasteiger partial charge on any atom is -0.200 e. The van der Waals surface area contributed by atoms with Gasteiger partial charge in [-0.3, -0.25) is 0 Å². The van der Waals surface area contributed by atoms with Crippen molar-refractivity contribution in [1.29, 1.82) is 0 Å². The van der Waals surface area contributed by atoms with Crippen molar-refractivity contribution in [2.45, 2.75) is 48.3 Å². The first kappa shape index (κ1) is 37.3. The van der Waals surface area contributed by atoms with Crippen LogP contribution in [0.1, 0.15) is 47.2 Å². The number of nitrogens with zero attached hydrogens (tertiary/aromatic N) is 3.